The van der Waals surface area contributed by atoms with Gasteiger partial charge in [-0.1, -0.05) is 12.1 Å². The molecule has 0 spiro atoms. The normalized spacial score (nSPS) is 19.7. The molecule has 4 rings (SSSR count). The van der Waals surface area contributed by atoms with Crippen LogP contribution in [0.4, 0.5) is 5.69 Å². The van der Waals surface area contributed by atoms with Crippen molar-refractivity contribution < 1.29 is 23.2 Å². The van der Waals surface area contributed by atoms with Gasteiger partial charge in [0.05, 0.1) is 31.2 Å². The molecule has 1 aliphatic heterocycles. The lowest BCUT2D eigenvalue weighted by molar-refractivity contribution is -0.142. The van der Waals surface area contributed by atoms with Gasteiger partial charge < -0.3 is 13.6 Å². The van der Waals surface area contributed by atoms with Gasteiger partial charge in [0.1, 0.15) is 17.6 Å². The highest BCUT2D eigenvalue weighted by Gasteiger charge is 2.48. The minimum absolute atomic E-state index is 0.166. The highest BCUT2D eigenvalue weighted by Crippen LogP contribution is 2.42. The molecule has 1 fully saturated rings. The molecule has 1 saturated heterocycles. The number of nitrogens with zero attached hydrogens (tertiary/aromatic N) is 1. The van der Waals surface area contributed by atoms with Gasteiger partial charge in [0, 0.05) is 12.0 Å². The van der Waals surface area contributed by atoms with E-state index in [-0.39, 0.29) is 12.3 Å². The van der Waals surface area contributed by atoms with Crippen molar-refractivity contribution in [3.8, 4) is 11.3 Å². The number of furan rings is 2. The standard InChI is InChI=1S/C20H17NO5/c1-24-20(23)19-14(17-9-5-11-26-17)12-18(22)21(19)15-7-3-2-6-13(15)16-8-4-10-25-16/h2-11,14,19H,12H2,1H3/t14-,19+/m1/s1. The van der Waals surface area contributed by atoms with E-state index < -0.39 is 17.9 Å². The lowest BCUT2D eigenvalue weighted by Gasteiger charge is -2.27. The number of hydrogen-bond acceptors (Lipinski definition) is 5. The summed E-state index contributed by atoms with van der Waals surface area (Å²) in [7, 11) is 1.32. The Bertz CT molecular complexity index is 914. The van der Waals surface area contributed by atoms with Crippen LogP contribution in [0.2, 0.25) is 0 Å². The van der Waals surface area contributed by atoms with Crippen LogP contribution in [-0.2, 0) is 14.3 Å². The number of methoxy groups -OCH3 is 1. The molecular weight excluding hydrogens is 334 g/mol. The highest BCUT2D eigenvalue weighted by atomic mass is 16.5. The minimum atomic E-state index is -0.797. The molecule has 0 N–H and O–H groups in total. The Morgan fingerprint density at radius 2 is 1.85 bits per heavy atom. The van der Waals surface area contributed by atoms with Gasteiger partial charge in [0.25, 0.3) is 0 Å². The van der Waals surface area contributed by atoms with Crippen molar-refractivity contribution in [1.82, 2.24) is 0 Å². The summed E-state index contributed by atoms with van der Waals surface area (Å²) >= 11 is 0. The molecule has 0 bridgehead atoms. The fourth-order valence-electron chi connectivity index (χ4n) is 3.49. The van der Waals surface area contributed by atoms with E-state index in [1.54, 1.807) is 30.5 Å². The number of esters is 1. The van der Waals surface area contributed by atoms with Crippen molar-refractivity contribution in [2.75, 3.05) is 12.0 Å². The van der Waals surface area contributed by atoms with E-state index in [1.807, 2.05) is 24.3 Å². The number of anilines is 1. The van der Waals surface area contributed by atoms with Gasteiger partial charge in [0.2, 0.25) is 5.91 Å². The number of benzene rings is 1. The zero-order valence-corrected chi connectivity index (χ0v) is 14.1. The smallest absolute Gasteiger partial charge is 0.329 e. The molecule has 2 aromatic heterocycles. The zero-order chi connectivity index (χ0) is 18.1. The molecule has 26 heavy (non-hydrogen) atoms. The maximum atomic E-state index is 12.9. The number of amides is 1. The summed E-state index contributed by atoms with van der Waals surface area (Å²) in [6.45, 7) is 0. The van der Waals surface area contributed by atoms with E-state index in [2.05, 4.69) is 0 Å². The van der Waals surface area contributed by atoms with Gasteiger partial charge in [-0.05, 0) is 36.4 Å². The third kappa shape index (κ3) is 2.60. The van der Waals surface area contributed by atoms with Crippen LogP contribution < -0.4 is 4.90 Å². The summed E-state index contributed by atoms with van der Waals surface area (Å²) in [6.07, 6.45) is 3.27. The number of para-hydroxylation sites is 1. The van der Waals surface area contributed by atoms with E-state index >= 15 is 0 Å². The van der Waals surface area contributed by atoms with Crippen LogP contribution in [0.5, 0.6) is 0 Å². The quantitative estimate of drug-likeness (QED) is 0.672. The highest BCUT2D eigenvalue weighted by molar-refractivity contribution is 6.06. The molecule has 3 aromatic rings. The molecule has 0 aliphatic carbocycles. The average molecular weight is 351 g/mol. The summed E-state index contributed by atoms with van der Waals surface area (Å²) in [5.41, 5.74) is 1.34. The molecule has 2 atom stereocenters. The minimum Gasteiger partial charge on any atom is -0.469 e. The largest absolute Gasteiger partial charge is 0.469 e. The zero-order valence-electron chi connectivity index (χ0n) is 14.1. The van der Waals surface area contributed by atoms with Crippen molar-refractivity contribution in [3.63, 3.8) is 0 Å². The number of hydrogen-bond donors (Lipinski definition) is 0. The van der Waals surface area contributed by atoms with Crippen LogP contribution in [0, 0.1) is 0 Å². The lowest BCUT2D eigenvalue weighted by atomic mass is 9.97. The fraction of sp³-hybridized carbons (Fsp3) is 0.200. The predicted molar refractivity (Wildman–Crippen MR) is 93.5 cm³/mol. The van der Waals surface area contributed by atoms with Crippen LogP contribution in [-0.4, -0.2) is 25.0 Å². The Morgan fingerprint density at radius 3 is 2.54 bits per heavy atom. The van der Waals surface area contributed by atoms with Crippen LogP contribution in [0.25, 0.3) is 11.3 Å². The number of rotatable bonds is 4. The van der Waals surface area contributed by atoms with E-state index in [4.69, 9.17) is 13.6 Å². The van der Waals surface area contributed by atoms with Crippen LogP contribution >= 0.6 is 0 Å². The molecule has 0 unspecified atom stereocenters. The summed E-state index contributed by atoms with van der Waals surface area (Å²) in [5.74, 6) is 0.159. The van der Waals surface area contributed by atoms with E-state index in [0.29, 0.717) is 17.2 Å². The second kappa shape index (κ2) is 6.55. The maximum Gasteiger partial charge on any atom is 0.329 e. The van der Waals surface area contributed by atoms with E-state index in [1.165, 1.54) is 18.3 Å². The predicted octanol–water partition coefficient (Wildman–Crippen LogP) is 3.60. The maximum absolute atomic E-state index is 12.9. The third-order valence-electron chi connectivity index (χ3n) is 4.62. The Kier molecular flexibility index (Phi) is 4.08. The summed E-state index contributed by atoms with van der Waals surface area (Å²) in [4.78, 5) is 26.9. The van der Waals surface area contributed by atoms with Crippen molar-refractivity contribution in [2.45, 2.75) is 18.4 Å². The summed E-state index contributed by atoms with van der Waals surface area (Å²) in [5, 5.41) is 0. The molecule has 0 saturated carbocycles. The monoisotopic (exact) mass is 351 g/mol. The fourth-order valence-corrected chi connectivity index (χ4v) is 3.49. The molecule has 132 valence electrons. The first-order valence-electron chi connectivity index (χ1n) is 8.27. The van der Waals surface area contributed by atoms with Gasteiger partial charge in [-0.15, -0.1) is 0 Å². The SMILES string of the molecule is COC(=O)[C@@H]1[C@@H](c2ccco2)CC(=O)N1c1ccccc1-c1ccco1. The number of carbonyl (C=O) groups excluding carboxylic acids is 2. The number of ether oxygens (including phenoxy) is 1. The first kappa shape index (κ1) is 16.2. The Morgan fingerprint density at radius 1 is 1.08 bits per heavy atom. The van der Waals surface area contributed by atoms with Crippen LogP contribution in [0.1, 0.15) is 18.1 Å². The topological polar surface area (TPSA) is 72.9 Å². The Hall–Kier alpha value is -3.28. The van der Waals surface area contributed by atoms with Crippen LogP contribution in [0.3, 0.4) is 0 Å². The number of carbonyl (C=O) groups is 2. The lowest BCUT2D eigenvalue weighted by Crippen LogP contribution is -2.42. The Labute approximate surface area is 150 Å². The van der Waals surface area contributed by atoms with Crippen molar-refractivity contribution >= 4 is 17.6 Å². The molecule has 6 nitrogen and oxygen atoms in total. The summed E-state index contributed by atoms with van der Waals surface area (Å²) < 4.78 is 16.0. The van der Waals surface area contributed by atoms with Gasteiger partial charge in [-0.25, -0.2) is 4.79 Å². The average Bonchev–Trinajstić information content (AvgIpc) is 3.41. The molecule has 1 aromatic carbocycles. The second-order valence-electron chi connectivity index (χ2n) is 6.05. The van der Waals surface area contributed by atoms with Gasteiger partial charge in [0.15, 0.2) is 0 Å². The molecule has 1 amide bonds. The second-order valence-corrected chi connectivity index (χ2v) is 6.05. The first-order valence-corrected chi connectivity index (χ1v) is 8.27. The molecule has 6 heteroatoms. The van der Waals surface area contributed by atoms with E-state index in [0.717, 1.165) is 5.56 Å². The molecular formula is C20H17NO5. The first-order chi connectivity index (χ1) is 12.7. The van der Waals surface area contributed by atoms with Crippen molar-refractivity contribution in [3.05, 3.63) is 66.8 Å². The van der Waals surface area contributed by atoms with Crippen LogP contribution in [0.15, 0.2) is 69.9 Å². The summed E-state index contributed by atoms with van der Waals surface area (Å²) in [6, 6.07) is 13.7. The molecule has 3 heterocycles. The van der Waals surface area contributed by atoms with Crippen molar-refractivity contribution in [2.24, 2.45) is 0 Å². The molecule has 1 aliphatic rings. The van der Waals surface area contributed by atoms with Gasteiger partial charge >= 0.3 is 5.97 Å². The van der Waals surface area contributed by atoms with Gasteiger partial charge in [-0.2, -0.15) is 0 Å². The Balaban J connectivity index is 1.83. The molecule has 0 radical (unpaired) electrons. The third-order valence-corrected chi connectivity index (χ3v) is 4.62. The van der Waals surface area contributed by atoms with Crippen molar-refractivity contribution in [1.29, 1.82) is 0 Å². The van der Waals surface area contributed by atoms with E-state index in [9.17, 15) is 9.59 Å². The van der Waals surface area contributed by atoms with Gasteiger partial charge in [-0.3, -0.25) is 9.69 Å².